The van der Waals surface area contributed by atoms with Gasteiger partial charge < -0.3 is 19.5 Å². The lowest BCUT2D eigenvalue weighted by molar-refractivity contribution is 0.115. The van der Waals surface area contributed by atoms with E-state index in [1.54, 1.807) is 7.05 Å². The van der Waals surface area contributed by atoms with Crippen molar-refractivity contribution in [3.8, 4) is 11.4 Å². The van der Waals surface area contributed by atoms with Gasteiger partial charge in [-0.1, -0.05) is 28.9 Å². The molecule has 1 aliphatic carbocycles. The quantitative estimate of drug-likeness (QED) is 0.237. The van der Waals surface area contributed by atoms with E-state index in [-0.39, 0.29) is 24.0 Å². The molecule has 0 saturated heterocycles. The lowest BCUT2D eigenvalue weighted by Crippen LogP contribution is -2.41. The molecule has 1 aromatic heterocycles. The fraction of sp³-hybridized carbons (Fsp3) is 0.526. The minimum Gasteiger partial charge on any atom is -0.379 e. The molecule has 1 fully saturated rings. The van der Waals surface area contributed by atoms with Gasteiger partial charge in [-0.25, -0.2) is 0 Å². The Morgan fingerprint density at radius 2 is 2.25 bits per heavy atom. The summed E-state index contributed by atoms with van der Waals surface area (Å²) in [5.74, 6) is 2.73. The van der Waals surface area contributed by atoms with Gasteiger partial charge >= 0.3 is 0 Å². The van der Waals surface area contributed by atoms with Crippen LogP contribution >= 0.6 is 35.6 Å². The molecule has 1 saturated carbocycles. The van der Waals surface area contributed by atoms with Crippen LogP contribution in [0.4, 0.5) is 0 Å². The number of hydrogen-bond donors (Lipinski definition) is 1. The molecule has 1 N–H and O–H groups in total. The first-order chi connectivity index (χ1) is 13.2. The Morgan fingerprint density at radius 3 is 2.96 bits per heavy atom. The number of hydrogen-bond acceptors (Lipinski definition) is 5. The maximum atomic E-state index is 6.01. The number of benzene rings is 1. The Balaban J connectivity index is 0.00000280. The highest BCUT2D eigenvalue weighted by Crippen LogP contribution is 2.28. The Labute approximate surface area is 187 Å². The van der Waals surface area contributed by atoms with Gasteiger partial charge in [0.25, 0.3) is 0 Å². The highest BCUT2D eigenvalue weighted by atomic mass is 127. The number of guanidine groups is 1. The molecule has 0 bridgehead atoms. The van der Waals surface area contributed by atoms with Crippen molar-refractivity contribution in [2.75, 3.05) is 40.4 Å². The standard InChI is InChI=1S/C19H26ClN5O2.HI/c1-21-19(25(2)10-11-26-13-14-6-7-14)22-9-8-17-23-18(24-27-17)15-4-3-5-16(20)12-15;/h3-5,12,14H,6-11,13H2,1-2H3,(H,21,22);1H. The molecule has 3 rings (SSSR count). The number of aromatic nitrogens is 2. The van der Waals surface area contributed by atoms with Gasteiger partial charge in [0, 0.05) is 50.8 Å². The van der Waals surface area contributed by atoms with Crippen LogP contribution in [-0.4, -0.2) is 61.4 Å². The van der Waals surface area contributed by atoms with Crippen LogP contribution < -0.4 is 5.32 Å². The number of likely N-dealkylation sites (N-methyl/N-ethyl adjacent to an activating group) is 1. The van der Waals surface area contributed by atoms with Crippen molar-refractivity contribution in [2.24, 2.45) is 10.9 Å². The van der Waals surface area contributed by atoms with E-state index in [4.69, 9.17) is 20.9 Å². The normalized spacial score (nSPS) is 13.9. The second kappa shape index (κ2) is 11.6. The lowest BCUT2D eigenvalue weighted by Gasteiger charge is -2.21. The van der Waals surface area contributed by atoms with Crippen LogP contribution in [0, 0.1) is 5.92 Å². The first-order valence-electron chi connectivity index (χ1n) is 9.23. The zero-order valence-corrected chi connectivity index (χ0v) is 19.3. The molecular weight excluding hydrogens is 493 g/mol. The summed E-state index contributed by atoms with van der Waals surface area (Å²) in [6, 6.07) is 7.40. The number of rotatable bonds is 9. The zero-order chi connectivity index (χ0) is 19.1. The topological polar surface area (TPSA) is 75.8 Å². The third-order valence-corrected chi connectivity index (χ3v) is 4.60. The summed E-state index contributed by atoms with van der Waals surface area (Å²) in [4.78, 5) is 10.8. The molecule has 28 heavy (non-hydrogen) atoms. The molecular formula is C19H27ClIN5O2. The Bertz CT molecular complexity index is 766. The molecule has 154 valence electrons. The smallest absolute Gasteiger partial charge is 0.228 e. The van der Waals surface area contributed by atoms with E-state index in [2.05, 4.69) is 25.3 Å². The molecule has 1 aliphatic rings. The number of ether oxygens (including phenoxy) is 1. The molecule has 0 amide bonds. The summed E-state index contributed by atoms with van der Waals surface area (Å²) < 4.78 is 11.0. The lowest BCUT2D eigenvalue weighted by atomic mass is 10.2. The molecule has 0 radical (unpaired) electrons. The summed E-state index contributed by atoms with van der Waals surface area (Å²) >= 11 is 6.01. The summed E-state index contributed by atoms with van der Waals surface area (Å²) in [7, 11) is 3.77. The molecule has 0 unspecified atom stereocenters. The van der Waals surface area contributed by atoms with Gasteiger partial charge in [-0.15, -0.1) is 24.0 Å². The van der Waals surface area contributed by atoms with E-state index in [0.29, 0.717) is 36.3 Å². The second-order valence-corrected chi connectivity index (χ2v) is 7.12. The molecule has 9 heteroatoms. The minimum absolute atomic E-state index is 0. The van der Waals surface area contributed by atoms with E-state index in [1.165, 1.54) is 12.8 Å². The monoisotopic (exact) mass is 519 g/mol. The minimum atomic E-state index is 0. The van der Waals surface area contributed by atoms with Crippen molar-refractivity contribution < 1.29 is 9.26 Å². The molecule has 1 aromatic carbocycles. The third kappa shape index (κ3) is 7.21. The van der Waals surface area contributed by atoms with Crippen LogP contribution in [0.2, 0.25) is 5.02 Å². The molecule has 0 aliphatic heterocycles. The van der Waals surface area contributed by atoms with Gasteiger partial charge in [-0.3, -0.25) is 4.99 Å². The van der Waals surface area contributed by atoms with E-state index in [9.17, 15) is 0 Å². The van der Waals surface area contributed by atoms with E-state index in [1.807, 2.05) is 31.3 Å². The van der Waals surface area contributed by atoms with Crippen molar-refractivity contribution in [1.82, 2.24) is 20.4 Å². The van der Waals surface area contributed by atoms with Gasteiger partial charge in [0.1, 0.15) is 0 Å². The first kappa shape index (κ1) is 22.9. The fourth-order valence-corrected chi connectivity index (χ4v) is 2.80. The second-order valence-electron chi connectivity index (χ2n) is 6.69. The maximum Gasteiger partial charge on any atom is 0.228 e. The van der Waals surface area contributed by atoms with Crippen LogP contribution in [0.15, 0.2) is 33.8 Å². The van der Waals surface area contributed by atoms with Gasteiger partial charge in [0.2, 0.25) is 11.7 Å². The fourth-order valence-electron chi connectivity index (χ4n) is 2.61. The SMILES string of the molecule is CN=C(NCCc1nc(-c2cccc(Cl)c2)no1)N(C)CCOCC1CC1.I. The summed E-state index contributed by atoms with van der Waals surface area (Å²) in [5, 5.41) is 7.98. The Kier molecular flexibility index (Phi) is 9.46. The average molecular weight is 520 g/mol. The van der Waals surface area contributed by atoms with Crippen molar-refractivity contribution >= 4 is 41.5 Å². The van der Waals surface area contributed by atoms with Gasteiger partial charge in [-0.2, -0.15) is 4.98 Å². The zero-order valence-electron chi connectivity index (χ0n) is 16.2. The molecule has 7 nitrogen and oxygen atoms in total. The summed E-state index contributed by atoms with van der Waals surface area (Å²) in [6.07, 6.45) is 3.24. The summed E-state index contributed by atoms with van der Waals surface area (Å²) in [6.45, 7) is 3.04. The van der Waals surface area contributed by atoms with E-state index >= 15 is 0 Å². The average Bonchev–Trinajstić information content (AvgIpc) is 3.37. The van der Waals surface area contributed by atoms with Crippen LogP contribution in [0.1, 0.15) is 18.7 Å². The number of nitrogens with one attached hydrogen (secondary N) is 1. The van der Waals surface area contributed by atoms with Crippen molar-refractivity contribution in [1.29, 1.82) is 0 Å². The maximum absolute atomic E-state index is 6.01. The predicted molar refractivity (Wildman–Crippen MR) is 121 cm³/mol. The highest BCUT2D eigenvalue weighted by Gasteiger charge is 2.21. The summed E-state index contributed by atoms with van der Waals surface area (Å²) in [5.41, 5.74) is 0.840. The molecule has 0 spiro atoms. The van der Waals surface area contributed by atoms with Crippen LogP contribution in [0.5, 0.6) is 0 Å². The van der Waals surface area contributed by atoms with Gasteiger partial charge in [0.15, 0.2) is 5.96 Å². The Morgan fingerprint density at radius 1 is 1.43 bits per heavy atom. The van der Waals surface area contributed by atoms with Crippen molar-refractivity contribution in [2.45, 2.75) is 19.3 Å². The van der Waals surface area contributed by atoms with Gasteiger partial charge in [-0.05, 0) is 30.9 Å². The number of halogens is 2. The van der Waals surface area contributed by atoms with E-state index < -0.39 is 0 Å². The Hall–Kier alpha value is -1.39. The number of nitrogens with zero attached hydrogens (tertiary/aromatic N) is 4. The van der Waals surface area contributed by atoms with Crippen LogP contribution in [0.25, 0.3) is 11.4 Å². The molecule has 2 aromatic rings. The molecule has 0 atom stereocenters. The molecule has 1 heterocycles. The highest BCUT2D eigenvalue weighted by molar-refractivity contribution is 14.0. The third-order valence-electron chi connectivity index (χ3n) is 4.37. The van der Waals surface area contributed by atoms with Crippen molar-refractivity contribution in [3.05, 3.63) is 35.2 Å². The first-order valence-corrected chi connectivity index (χ1v) is 9.61. The van der Waals surface area contributed by atoms with Gasteiger partial charge in [0.05, 0.1) is 6.61 Å². The largest absolute Gasteiger partial charge is 0.379 e. The van der Waals surface area contributed by atoms with Crippen molar-refractivity contribution in [3.63, 3.8) is 0 Å². The number of aliphatic imine (C=N–C) groups is 1. The van der Waals surface area contributed by atoms with Crippen LogP contribution in [-0.2, 0) is 11.2 Å². The van der Waals surface area contributed by atoms with E-state index in [0.717, 1.165) is 30.6 Å². The predicted octanol–water partition coefficient (Wildman–Crippen LogP) is 3.48. The van der Waals surface area contributed by atoms with Crippen LogP contribution in [0.3, 0.4) is 0 Å².